The van der Waals surface area contributed by atoms with Crippen LogP contribution < -0.4 is 0 Å². The van der Waals surface area contributed by atoms with E-state index in [1.54, 1.807) is 18.0 Å². The number of aromatic nitrogens is 3. The maximum Gasteiger partial charge on any atom is 0.254 e. The van der Waals surface area contributed by atoms with Gasteiger partial charge in [-0.05, 0) is 74.6 Å². The van der Waals surface area contributed by atoms with Gasteiger partial charge in [0.25, 0.3) is 5.91 Å². The van der Waals surface area contributed by atoms with Crippen LogP contribution >= 0.6 is 11.8 Å². The van der Waals surface area contributed by atoms with E-state index in [1.807, 2.05) is 63.8 Å². The molecule has 8 nitrogen and oxygen atoms in total. The molecule has 43 heavy (non-hydrogen) atoms. The van der Waals surface area contributed by atoms with Gasteiger partial charge in [-0.25, -0.2) is 0 Å². The Bertz CT molecular complexity index is 1500. The molecule has 1 saturated heterocycles. The van der Waals surface area contributed by atoms with Crippen LogP contribution in [-0.2, 0) is 11.2 Å². The third kappa shape index (κ3) is 7.39. The quantitative estimate of drug-likeness (QED) is 0.131. The number of aryl methyl sites for hydroxylation is 2. The monoisotopic (exact) mass is 599 g/mol. The molecule has 0 saturated carbocycles. The van der Waals surface area contributed by atoms with E-state index in [0.717, 1.165) is 40.6 Å². The molecular formula is C34H41N5O3S. The van der Waals surface area contributed by atoms with Crippen LogP contribution in [0.4, 0.5) is 0 Å². The number of thioether (sulfide) groups is 1. The Morgan fingerprint density at radius 1 is 0.977 bits per heavy atom. The van der Waals surface area contributed by atoms with Gasteiger partial charge in [0, 0.05) is 43.4 Å². The molecule has 0 radical (unpaired) electrons. The van der Waals surface area contributed by atoms with Gasteiger partial charge in [-0.15, -0.1) is 10.2 Å². The lowest BCUT2D eigenvalue weighted by atomic mass is 10.0. The highest BCUT2D eigenvalue weighted by Crippen LogP contribution is 2.30. The fourth-order valence-corrected chi connectivity index (χ4v) is 6.43. The Morgan fingerprint density at radius 2 is 1.79 bits per heavy atom. The number of para-hydroxylation sites is 1. The van der Waals surface area contributed by atoms with Crippen molar-refractivity contribution in [2.45, 2.75) is 70.5 Å². The highest BCUT2D eigenvalue weighted by molar-refractivity contribution is 7.99. The molecule has 1 aliphatic heterocycles. The molecule has 0 bridgehead atoms. The number of nitrogens with zero attached hydrogens (tertiary/aromatic N) is 5. The smallest absolute Gasteiger partial charge is 0.254 e. The number of piperazine rings is 1. The molecule has 1 unspecified atom stereocenters. The third-order valence-electron chi connectivity index (χ3n) is 8.01. The first-order valence-corrected chi connectivity index (χ1v) is 16.3. The molecule has 5 rings (SSSR count). The van der Waals surface area contributed by atoms with Crippen LogP contribution in [0.2, 0.25) is 0 Å². The van der Waals surface area contributed by atoms with Crippen LogP contribution in [0.25, 0.3) is 17.3 Å². The summed E-state index contributed by atoms with van der Waals surface area (Å²) in [5, 5.41) is 9.65. The van der Waals surface area contributed by atoms with Crippen molar-refractivity contribution in [3.05, 3.63) is 83.6 Å². The second-order valence-corrected chi connectivity index (χ2v) is 12.3. The molecular weight excluding hydrogens is 558 g/mol. The Kier molecular flexibility index (Phi) is 10.4. The van der Waals surface area contributed by atoms with Gasteiger partial charge < -0.3 is 14.2 Å². The summed E-state index contributed by atoms with van der Waals surface area (Å²) in [6, 6.07) is 19.9. The first-order valence-electron chi connectivity index (χ1n) is 15.3. The molecule has 1 aliphatic rings. The number of benzene rings is 2. The van der Waals surface area contributed by atoms with Gasteiger partial charge in [-0.3, -0.25) is 14.2 Å². The van der Waals surface area contributed by atoms with E-state index < -0.39 is 0 Å². The number of carbonyl (C=O) groups is 2. The maximum absolute atomic E-state index is 13.2. The van der Waals surface area contributed by atoms with Gasteiger partial charge in [0.1, 0.15) is 0 Å². The highest BCUT2D eigenvalue weighted by atomic mass is 32.2. The zero-order valence-electron chi connectivity index (χ0n) is 25.4. The van der Waals surface area contributed by atoms with E-state index in [2.05, 4.69) is 42.2 Å². The average molecular weight is 600 g/mol. The molecule has 2 amide bonds. The minimum absolute atomic E-state index is 0.0310. The zero-order valence-corrected chi connectivity index (χ0v) is 26.2. The van der Waals surface area contributed by atoms with Crippen molar-refractivity contribution in [2.75, 3.05) is 25.4 Å². The lowest BCUT2D eigenvalue weighted by Gasteiger charge is -2.40. The lowest BCUT2D eigenvalue weighted by Crippen LogP contribution is -2.55. The van der Waals surface area contributed by atoms with Crippen LogP contribution in [0.1, 0.15) is 67.4 Å². The van der Waals surface area contributed by atoms with Crippen LogP contribution in [0, 0.1) is 6.92 Å². The topological polar surface area (TPSA) is 84.5 Å². The molecule has 0 spiro atoms. The van der Waals surface area contributed by atoms with E-state index in [0.29, 0.717) is 37.6 Å². The normalized spacial score (nSPS) is 15.2. The van der Waals surface area contributed by atoms with Crippen LogP contribution in [0.3, 0.4) is 0 Å². The molecule has 4 aromatic rings. The van der Waals surface area contributed by atoms with E-state index >= 15 is 0 Å². The van der Waals surface area contributed by atoms with E-state index in [4.69, 9.17) is 4.42 Å². The molecule has 0 aliphatic carbocycles. The van der Waals surface area contributed by atoms with Gasteiger partial charge in [-0.2, -0.15) is 0 Å². The summed E-state index contributed by atoms with van der Waals surface area (Å²) in [4.78, 5) is 30.1. The Balaban J connectivity index is 1.12. The largest absolute Gasteiger partial charge is 0.461 e. The summed E-state index contributed by atoms with van der Waals surface area (Å²) >= 11 is 1.59. The first kappa shape index (κ1) is 30.6. The van der Waals surface area contributed by atoms with Gasteiger partial charge in [0.05, 0.1) is 12.0 Å². The van der Waals surface area contributed by atoms with Gasteiger partial charge in [0.15, 0.2) is 10.9 Å². The number of hydrogen-bond donors (Lipinski definition) is 0. The van der Waals surface area contributed by atoms with Gasteiger partial charge >= 0.3 is 0 Å². The second kappa shape index (κ2) is 14.6. The van der Waals surface area contributed by atoms with Crippen molar-refractivity contribution in [1.29, 1.82) is 0 Å². The van der Waals surface area contributed by atoms with E-state index in [-0.39, 0.29) is 17.9 Å². The Morgan fingerprint density at radius 3 is 2.51 bits per heavy atom. The summed E-state index contributed by atoms with van der Waals surface area (Å²) in [5.74, 6) is 2.22. The van der Waals surface area contributed by atoms with Crippen molar-refractivity contribution in [2.24, 2.45) is 0 Å². The molecule has 226 valence electrons. The average Bonchev–Trinajstić information content (AvgIpc) is 3.70. The Labute approximate surface area is 258 Å². The Hall–Kier alpha value is -3.85. The third-order valence-corrected chi connectivity index (χ3v) is 9.02. The molecule has 0 N–H and O–H groups in total. The number of carbonyl (C=O) groups excluding carboxylic acids is 2. The number of amides is 2. The van der Waals surface area contributed by atoms with E-state index in [9.17, 15) is 9.59 Å². The zero-order chi connectivity index (χ0) is 30.2. The first-order chi connectivity index (χ1) is 21.0. The standard InChI is InChI=1S/C34H41N5O3S/c1-4-5-6-12-27-16-18-28(19-17-27)33(41)38-21-20-37(24-26(38)3)31(40)15-10-23-43-34-36-35-32(30-14-9-22-42-30)39(34)29-13-8-7-11-25(29)2/h7-9,11,13-14,16-19,22,26H,4-6,10,12,15,20-21,23-24H2,1-3H3. The lowest BCUT2D eigenvalue weighted by molar-refractivity contribution is -0.133. The number of hydrogen-bond acceptors (Lipinski definition) is 6. The van der Waals surface area contributed by atoms with Crippen molar-refractivity contribution in [3.63, 3.8) is 0 Å². The molecule has 1 atom stereocenters. The summed E-state index contributed by atoms with van der Waals surface area (Å²) in [5.41, 5.74) is 4.11. The summed E-state index contributed by atoms with van der Waals surface area (Å²) in [6.07, 6.45) is 7.47. The molecule has 1 fully saturated rings. The number of unbranched alkanes of at least 4 members (excludes halogenated alkanes) is 2. The van der Waals surface area contributed by atoms with Crippen molar-refractivity contribution in [3.8, 4) is 17.3 Å². The van der Waals surface area contributed by atoms with Crippen molar-refractivity contribution in [1.82, 2.24) is 24.6 Å². The molecule has 2 aromatic heterocycles. The van der Waals surface area contributed by atoms with Crippen LogP contribution in [0.15, 0.2) is 76.5 Å². The SMILES string of the molecule is CCCCCc1ccc(C(=O)N2CCN(C(=O)CCCSc3nnc(-c4ccco4)n3-c3ccccc3C)CC2C)cc1. The van der Waals surface area contributed by atoms with Crippen LogP contribution in [0.5, 0.6) is 0 Å². The van der Waals surface area contributed by atoms with Gasteiger partial charge in [-0.1, -0.05) is 61.9 Å². The highest BCUT2D eigenvalue weighted by Gasteiger charge is 2.30. The van der Waals surface area contributed by atoms with Crippen molar-refractivity contribution < 1.29 is 14.0 Å². The van der Waals surface area contributed by atoms with E-state index in [1.165, 1.54) is 24.8 Å². The fraction of sp³-hybridized carbons (Fsp3) is 0.412. The minimum atomic E-state index is -0.0310. The summed E-state index contributed by atoms with van der Waals surface area (Å²) in [6.45, 7) is 7.96. The fourth-order valence-electron chi connectivity index (χ4n) is 5.55. The molecule has 3 heterocycles. The second-order valence-electron chi connectivity index (χ2n) is 11.2. The molecule has 9 heteroatoms. The molecule has 2 aromatic carbocycles. The predicted molar refractivity (Wildman–Crippen MR) is 171 cm³/mol. The number of rotatable bonds is 12. The van der Waals surface area contributed by atoms with Crippen molar-refractivity contribution >= 4 is 23.6 Å². The number of furan rings is 1. The van der Waals surface area contributed by atoms with Crippen LogP contribution in [-0.4, -0.2) is 67.8 Å². The maximum atomic E-state index is 13.2. The minimum Gasteiger partial charge on any atom is -0.461 e. The summed E-state index contributed by atoms with van der Waals surface area (Å²) in [7, 11) is 0. The predicted octanol–water partition coefficient (Wildman–Crippen LogP) is 6.81. The summed E-state index contributed by atoms with van der Waals surface area (Å²) < 4.78 is 7.66. The van der Waals surface area contributed by atoms with Gasteiger partial charge in [0.2, 0.25) is 11.7 Å².